The number of thioether (sulfide) groups is 1. The summed E-state index contributed by atoms with van der Waals surface area (Å²) in [5.41, 5.74) is 0. The Morgan fingerprint density at radius 2 is 2.24 bits per heavy atom. The molecule has 2 N–H and O–H groups in total. The first-order chi connectivity index (χ1) is 8.22. The van der Waals surface area contributed by atoms with Crippen molar-refractivity contribution in [1.29, 1.82) is 0 Å². The zero-order valence-electron chi connectivity index (χ0n) is 11.5. The van der Waals surface area contributed by atoms with Crippen LogP contribution in [-0.4, -0.2) is 36.6 Å². The zero-order chi connectivity index (χ0) is 12.5. The molecule has 1 aliphatic heterocycles. The number of aliphatic imine (C=N–C) groups is 1. The van der Waals surface area contributed by atoms with Crippen LogP contribution in [-0.2, 0) is 0 Å². The Morgan fingerprint density at radius 1 is 1.41 bits per heavy atom. The summed E-state index contributed by atoms with van der Waals surface area (Å²) in [6.45, 7) is 9.53. The van der Waals surface area contributed by atoms with Crippen LogP contribution in [0.5, 0.6) is 0 Å². The molecule has 17 heavy (non-hydrogen) atoms. The topological polar surface area (TPSA) is 36.4 Å². The van der Waals surface area contributed by atoms with E-state index >= 15 is 0 Å². The van der Waals surface area contributed by atoms with E-state index in [4.69, 9.17) is 0 Å². The molecule has 0 amide bonds. The lowest BCUT2D eigenvalue weighted by Crippen LogP contribution is -2.38. The molecule has 0 radical (unpaired) electrons. The van der Waals surface area contributed by atoms with Crippen LogP contribution in [0.2, 0.25) is 0 Å². The minimum atomic E-state index is 0.746. The summed E-state index contributed by atoms with van der Waals surface area (Å²) in [7, 11) is 0. The van der Waals surface area contributed by atoms with Crippen LogP contribution < -0.4 is 10.6 Å². The first-order valence-corrected chi connectivity index (χ1v) is 7.91. The Hall–Kier alpha value is -0.380. The molecule has 0 aromatic carbocycles. The lowest BCUT2D eigenvalue weighted by molar-refractivity contribution is 0.573. The molecule has 1 aliphatic rings. The van der Waals surface area contributed by atoms with Gasteiger partial charge in [0.15, 0.2) is 5.96 Å². The van der Waals surface area contributed by atoms with Crippen LogP contribution >= 0.6 is 11.8 Å². The Bertz CT molecular complexity index is 223. The van der Waals surface area contributed by atoms with Gasteiger partial charge in [0.1, 0.15) is 0 Å². The van der Waals surface area contributed by atoms with E-state index in [0.29, 0.717) is 0 Å². The quantitative estimate of drug-likeness (QED) is 0.567. The molecule has 0 spiro atoms. The maximum absolute atomic E-state index is 4.67. The van der Waals surface area contributed by atoms with E-state index in [0.717, 1.165) is 36.8 Å². The molecule has 0 aliphatic carbocycles. The van der Waals surface area contributed by atoms with Crippen LogP contribution in [0.15, 0.2) is 4.99 Å². The van der Waals surface area contributed by atoms with Crippen LogP contribution in [0.4, 0.5) is 0 Å². The fourth-order valence-corrected chi connectivity index (χ4v) is 2.98. The molecule has 1 fully saturated rings. The van der Waals surface area contributed by atoms with Crippen molar-refractivity contribution in [2.45, 2.75) is 45.3 Å². The van der Waals surface area contributed by atoms with Crippen LogP contribution in [0.25, 0.3) is 0 Å². The summed E-state index contributed by atoms with van der Waals surface area (Å²) < 4.78 is 0. The number of nitrogens with one attached hydrogen (secondary N) is 2. The SMILES string of the molecule is CCNC(=NCC1CCCS1)NCCC(C)C. The molecular weight excluding hydrogens is 230 g/mol. The number of nitrogens with zero attached hydrogens (tertiary/aromatic N) is 1. The van der Waals surface area contributed by atoms with Crippen LogP contribution in [0.3, 0.4) is 0 Å². The Labute approximate surface area is 110 Å². The van der Waals surface area contributed by atoms with Crippen molar-refractivity contribution < 1.29 is 0 Å². The molecule has 1 heterocycles. The normalized spacial score (nSPS) is 20.9. The van der Waals surface area contributed by atoms with Gasteiger partial charge in [0.05, 0.1) is 6.54 Å². The second-order valence-corrected chi connectivity index (χ2v) is 6.37. The first-order valence-electron chi connectivity index (χ1n) is 6.86. The van der Waals surface area contributed by atoms with Gasteiger partial charge in [-0.15, -0.1) is 0 Å². The zero-order valence-corrected chi connectivity index (χ0v) is 12.3. The van der Waals surface area contributed by atoms with Gasteiger partial charge in [-0.05, 0) is 37.9 Å². The number of rotatable bonds is 6. The monoisotopic (exact) mass is 257 g/mol. The average Bonchev–Trinajstić information content (AvgIpc) is 2.78. The maximum atomic E-state index is 4.67. The number of hydrogen-bond donors (Lipinski definition) is 2. The predicted octanol–water partition coefficient (Wildman–Crippen LogP) is 2.48. The molecule has 1 unspecified atom stereocenters. The second-order valence-electron chi connectivity index (χ2n) is 4.96. The second kappa shape index (κ2) is 8.67. The Kier molecular flexibility index (Phi) is 7.49. The van der Waals surface area contributed by atoms with Crippen molar-refractivity contribution in [3.63, 3.8) is 0 Å². The van der Waals surface area contributed by atoms with Gasteiger partial charge >= 0.3 is 0 Å². The van der Waals surface area contributed by atoms with E-state index in [2.05, 4.69) is 48.2 Å². The standard InChI is InChI=1S/C13H27N3S/c1-4-14-13(15-8-7-11(2)3)16-10-12-6-5-9-17-12/h11-12H,4-10H2,1-3H3,(H2,14,15,16). The largest absolute Gasteiger partial charge is 0.357 e. The third kappa shape index (κ3) is 6.81. The molecule has 100 valence electrons. The maximum Gasteiger partial charge on any atom is 0.191 e. The van der Waals surface area contributed by atoms with Crippen molar-refractivity contribution in [2.75, 3.05) is 25.4 Å². The fraction of sp³-hybridized carbons (Fsp3) is 0.923. The molecule has 1 atom stereocenters. The number of hydrogen-bond acceptors (Lipinski definition) is 2. The molecule has 4 heteroatoms. The first kappa shape index (κ1) is 14.7. The van der Waals surface area contributed by atoms with E-state index < -0.39 is 0 Å². The lowest BCUT2D eigenvalue weighted by atomic mass is 10.1. The summed E-state index contributed by atoms with van der Waals surface area (Å²) in [5.74, 6) is 3.05. The third-order valence-corrected chi connectivity index (χ3v) is 4.22. The smallest absolute Gasteiger partial charge is 0.191 e. The summed E-state index contributed by atoms with van der Waals surface area (Å²) in [4.78, 5) is 4.67. The Morgan fingerprint density at radius 3 is 2.82 bits per heavy atom. The van der Waals surface area contributed by atoms with Crippen molar-refractivity contribution in [2.24, 2.45) is 10.9 Å². The van der Waals surface area contributed by atoms with Gasteiger partial charge in [-0.2, -0.15) is 11.8 Å². The molecular formula is C13H27N3S. The number of guanidine groups is 1. The summed E-state index contributed by atoms with van der Waals surface area (Å²) in [6, 6.07) is 0. The highest BCUT2D eigenvalue weighted by Gasteiger charge is 2.14. The predicted molar refractivity (Wildman–Crippen MR) is 78.9 cm³/mol. The highest BCUT2D eigenvalue weighted by molar-refractivity contribution is 8.00. The van der Waals surface area contributed by atoms with Crippen molar-refractivity contribution in [3.8, 4) is 0 Å². The summed E-state index contributed by atoms with van der Waals surface area (Å²) in [6.07, 6.45) is 3.89. The molecule has 3 nitrogen and oxygen atoms in total. The third-order valence-electron chi connectivity index (χ3n) is 2.84. The van der Waals surface area contributed by atoms with E-state index in [1.807, 2.05) is 0 Å². The minimum absolute atomic E-state index is 0.746. The Balaban J connectivity index is 2.26. The van der Waals surface area contributed by atoms with E-state index in [1.54, 1.807) is 0 Å². The van der Waals surface area contributed by atoms with E-state index in [-0.39, 0.29) is 0 Å². The molecule has 1 rings (SSSR count). The van der Waals surface area contributed by atoms with Crippen molar-refractivity contribution in [3.05, 3.63) is 0 Å². The van der Waals surface area contributed by atoms with Crippen LogP contribution in [0, 0.1) is 5.92 Å². The van der Waals surface area contributed by atoms with Gasteiger partial charge in [-0.25, -0.2) is 0 Å². The van der Waals surface area contributed by atoms with Gasteiger partial charge in [0, 0.05) is 18.3 Å². The van der Waals surface area contributed by atoms with Gasteiger partial charge in [-0.3, -0.25) is 4.99 Å². The van der Waals surface area contributed by atoms with Crippen molar-refractivity contribution >= 4 is 17.7 Å². The van der Waals surface area contributed by atoms with E-state index in [9.17, 15) is 0 Å². The average molecular weight is 257 g/mol. The van der Waals surface area contributed by atoms with Crippen molar-refractivity contribution in [1.82, 2.24) is 10.6 Å². The van der Waals surface area contributed by atoms with Gasteiger partial charge in [0.25, 0.3) is 0 Å². The molecule has 0 aromatic heterocycles. The molecule has 0 bridgehead atoms. The highest BCUT2D eigenvalue weighted by Crippen LogP contribution is 2.25. The molecule has 1 saturated heterocycles. The fourth-order valence-electron chi connectivity index (χ4n) is 1.80. The van der Waals surface area contributed by atoms with Gasteiger partial charge in [-0.1, -0.05) is 13.8 Å². The molecule has 0 aromatic rings. The molecule has 0 saturated carbocycles. The van der Waals surface area contributed by atoms with E-state index in [1.165, 1.54) is 25.0 Å². The minimum Gasteiger partial charge on any atom is -0.357 e. The van der Waals surface area contributed by atoms with Crippen LogP contribution in [0.1, 0.15) is 40.0 Å². The summed E-state index contributed by atoms with van der Waals surface area (Å²) >= 11 is 2.07. The lowest BCUT2D eigenvalue weighted by Gasteiger charge is -2.13. The summed E-state index contributed by atoms with van der Waals surface area (Å²) in [5, 5.41) is 7.46. The van der Waals surface area contributed by atoms with Gasteiger partial charge in [0.2, 0.25) is 0 Å². The highest BCUT2D eigenvalue weighted by atomic mass is 32.2. The van der Waals surface area contributed by atoms with Gasteiger partial charge < -0.3 is 10.6 Å².